The average molecular weight is 320 g/mol. The smallest absolute Gasteiger partial charge is 0.128 e. The van der Waals surface area contributed by atoms with Crippen molar-refractivity contribution in [2.75, 3.05) is 20.2 Å². The van der Waals surface area contributed by atoms with Gasteiger partial charge < -0.3 is 10.1 Å². The van der Waals surface area contributed by atoms with E-state index in [1.807, 2.05) is 29.9 Å². The number of hydrogen-bond acceptors (Lipinski definition) is 3. The Bertz CT molecular complexity index is 691. The normalized spacial score (nSPS) is 16.4. The Kier molecular flexibility index (Phi) is 4.15. The number of benzene rings is 1. The van der Waals surface area contributed by atoms with E-state index >= 15 is 0 Å². The van der Waals surface area contributed by atoms with Gasteiger partial charge in [-0.05, 0) is 38.5 Å². The largest absolute Gasteiger partial charge is 0.496 e. The van der Waals surface area contributed by atoms with Crippen LogP contribution in [0.1, 0.15) is 41.3 Å². The molecule has 0 spiro atoms. The first-order valence-electron chi connectivity index (χ1n) is 7.62. The molecule has 1 aliphatic heterocycles. The van der Waals surface area contributed by atoms with Crippen molar-refractivity contribution in [3.63, 3.8) is 0 Å². The number of halogens is 1. The van der Waals surface area contributed by atoms with Crippen molar-refractivity contribution in [2.24, 2.45) is 0 Å². The van der Waals surface area contributed by atoms with Crippen molar-refractivity contribution in [2.45, 2.75) is 32.7 Å². The van der Waals surface area contributed by atoms with Gasteiger partial charge in [0, 0.05) is 41.4 Å². The monoisotopic (exact) mass is 319 g/mol. The predicted molar refractivity (Wildman–Crippen MR) is 89.1 cm³/mol. The van der Waals surface area contributed by atoms with Crippen LogP contribution in [0.2, 0.25) is 5.02 Å². The van der Waals surface area contributed by atoms with E-state index in [0.29, 0.717) is 5.92 Å². The van der Waals surface area contributed by atoms with E-state index in [1.54, 1.807) is 7.11 Å². The van der Waals surface area contributed by atoms with Gasteiger partial charge in [0.1, 0.15) is 5.75 Å². The molecule has 0 aliphatic carbocycles. The molecule has 2 aromatic rings. The van der Waals surface area contributed by atoms with E-state index in [4.69, 9.17) is 16.3 Å². The first-order valence-corrected chi connectivity index (χ1v) is 8.00. The van der Waals surface area contributed by atoms with Crippen LogP contribution in [0.5, 0.6) is 5.75 Å². The average Bonchev–Trinajstić information content (AvgIpc) is 2.87. The van der Waals surface area contributed by atoms with E-state index < -0.39 is 0 Å². The molecule has 118 valence electrons. The molecule has 1 aliphatic rings. The second-order valence-corrected chi connectivity index (χ2v) is 6.40. The van der Waals surface area contributed by atoms with Gasteiger partial charge in [-0.2, -0.15) is 5.10 Å². The summed E-state index contributed by atoms with van der Waals surface area (Å²) in [6.07, 6.45) is 2.00. The zero-order valence-electron chi connectivity index (χ0n) is 13.5. The van der Waals surface area contributed by atoms with Gasteiger partial charge in [-0.25, -0.2) is 0 Å². The summed E-state index contributed by atoms with van der Waals surface area (Å²) in [4.78, 5) is 0. The molecule has 5 heteroatoms. The Labute approximate surface area is 136 Å². The molecule has 1 saturated heterocycles. The molecular formula is C17H22ClN3O. The second-order valence-electron chi connectivity index (χ2n) is 5.99. The Morgan fingerprint density at radius 1 is 1.41 bits per heavy atom. The fourth-order valence-electron chi connectivity index (χ4n) is 3.08. The third-order valence-corrected chi connectivity index (χ3v) is 4.93. The van der Waals surface area contributed by atoms with Crippen molar-refractivity contribution in [3.8, 4) is 5.75 Å². The van der Waals surface area contributed by atoms with Crippen molar-refractivity contribution >= 4 is 11.6 Å². The number of nitrogens with one attached hydrogen (secondary N) is 1. The van der Waals surface area contributed by atoms with Crippen molar-refractivity contribution in [1.29, 1.82) is 0 Å². The van der Waals surface area contributed by atoms with E-state index in [-0.39, 0.29) is 6.04 Å². The zero-order chi connectivity index (χ0) is 15.9. The number of hydrogen-bond donors (Lipinski definition) is 1. The topological polar surface area (TPSA) is 39.1 Å². The minimum absolute atomic E-state index is 0.0773. The summed E-state index contributed by atoms with van der Waals surface area (Å²) in [6, 6.07) is 4.11. The van der Waals surface area contributed by atoms with Gasteiger partial charge in [-0.1, -0.05) is 11.6 Å². The maximum absolute atomic E-state index is 6.50. The Hall–Kier alpha value is -1.52. The molecule has 0 amide bonds. The van der Waals surface area contributed by atoms with Gasteiger partial charge in [0.05, 0.1) is 18.8 Å². The fraction of sp³-hybridized carbons (Fsp3) is 0.471. The lowest BCUT2D eigenvalue weighted by atomic mass is 9.86. The van der Waals surface area contributed by atoms with Gasteiger partial charge in [0.2, 0.25) is 0 Å². The lowest BCUT2D eigenvalue weighted by molar-refractivity contribution is 0.374. The van der Waals surface area contributed by atoms with E-state index in [2.05, 4.69) is 24.3 Å². The van der Waals surface area contributed by atoms with Crippen LogP contribution in [0, 0.1) is 13.8 Å². The number of aryl methyl sites for hydroxylation is 1. The molecule has 2 heterocycles. The summed E-state index contributed by atoms with van der Waals surface area (Å²) in [7, 11) is 1.74. The second kappa shape index (κ2) is 5.94. The summed E-state index contributed by atoms with van der Waals surface area (Å²) in [5, 5.41) is 8.65. The summed E-state index contributed by atoms with van der Waals surface area (Å²) >= 11 is 6.50. The van der Waals surface area contributed by atoms with Crippen LogP contribution in [0.15, 0.2) is 18.3 Å². The fourth-order valence-corrected chi connectivity index (χ4v) is 3.30. The number of nitrogens with zero attached hydrogens (tertiary/aromatic N) is 2. The van der Waals surface area contributed by atoms with Crippen molar-refractivity contribution in [1.82, 2.24) is 15.1 Å². The molecule has 3 rings (SSSR count). The lowest BCUT2D eigenvalue weighted by Gasteiger charge is -2.32. The van der Waals surface area contributed by atoms with E-state index in [0.717, 1.165) is 40.7 Å². The van der Waals surface area contributed by atoms with Crippen molar-refractivity contribution < 1.29 is 4.74 Å². The molecule has 0 radical (unpaired) electrons. The van der Waals surface area contributed by atoms with E-state index in [9.17, 15) is 0 Å². The van der Waals surface area contributed by atoms with Crippen LogP contribution in [-0.2, 0) is 0 Å². The van der Waals surface area contributed by atoms with Crippen LogP contribution >= 0.6 is 11.6 Å². The third-order valence-electron chi connectivity index (χ3n) is 4.53. The third kappa shape index (κ3) is 2.50. The molecule has 22 heavy (non-hydrogen) atoms. The first kappa shape index (κ1) is 15.4. The van der Waals surface area contributed by atoms with Gasteiger partial charge in [-0.3, -0.25) is 4.68 Å². The molecule has 0 bridgehead atoms. The highest BCUT2D eigenvalue weighted by Gasteiger charge is 2.29. The van der Waals surface area contributed by atoms with Crippen LogP contribution in [0.3, 0.4) is 0 Å². The maximum Gasteiger partial charge on any atom is 0.128 e. The molecule has 0 saturated carbocycles. The van der Waals surface area contributed by atoms with Crippen LogP contribution in [0.25, 0.3) is 0 Å². The SMILES string of the molecule is COc1c(C(C)n2ccc(C)n2)cc(Cl)c(C)c1C1CNC1. The minimum atomic E-state index is 0.0773. The molecule has 1 fully saturated rings. The minimum Gasteiger partial charge on any atom is -0.496 e. The van der Waals surface area contributed by atoms with Gasteiger partial charge in [0.25, 0.3) is 0 Å². The van der Waals surface area contributed by atoms with Gasteiger partial charge in [-0.15, -0.1) is 0 Å². The molecule has 1 atom stereocenters. The van der Waals surface area contributed by atoms with Crippen LogP contribution in [-0.4, -0.2) is 30.0 Å². The molecule has 1 unspecified atom stereocenters. The van der Waals surface area contributed by atoms with Gasteiger partial charge >= 0.3 is 0 Å². The standard InChI is InChI=1S/C17H22ClN3O/c1-10-5-6-21(20-10)12(3)14-7-15(18)11(2)16(17(14)22-4)13-8-19-9-13/h5-7,12-13,19H,8-9H2,1-4H3. The quantitative estimate of drug-likeness (QED) is 0.938. The highest BCUT2D eigenvalue weighted by atomic mass is 35.5. The van der Waals surface area contributed by atoms with Crippen LogP contribution in [0.4, 0.5) is 0 Å². The molecule has 1 aromatic carbocycles. The summed E-state index contributed by atoms with van der Waals surface area (Å²) in [5.74, 6) is 1.42. The highest BCUT2D eigenvalue weighted by Crippen LogP contribution is 2.41. The number of aromatic nitrogens is 2. The number of ether oxygens (including phenoxy) is 1. The van der Waals surface area contributed by atoms with E-state index in [1.165, 1.54) is 5.56 Å². The Morgan fingerprint density at radius 2 is 2.14 bits per heavy atom. The molecule has 1 aromatic heterocycles. The lowest BCUT2D eigenvalue weighted by Crippen LogP contribution is -2.40. The Morgan fingerprint density at radius 3 is 2.64 bits per heavy atom. The maximum atomic E-state index is 6.50. The molecular weight excluding hydrogens is 298 g/mol. The predicted octanol–water partition coefficient (Wildman–Crippen LogP) is 3.46. The Balaban J connectivity index is 2.12. The number of methoxy groups -OCH3 is 1. The highest BCUT2D eigenvalue weighted by molar-refractivity contribution is 6.31. The first-order chi connectivity index (χ1) is 10.5. The summed E-state index contributed by atoms with van der Waals surface area (Å²) < 4.78 is 7.75. The number of rotatable bonds is 4. The summed E-state index contributed by atoms with van der Waals surface area (Å²) in [6.45, 7) is 8.15. The van der Waals surface area contributed by atoms with Crippen molar-refractivity contribution in [3.05, 3.63) is 45.7 Å². The zero-order valence-corrected chi connectivity index (χ0v) is 14.2. The molecule has 1 N–H and O–H groups in total. The summed E-state index contributed by atoms with van der Waals surface area (Å²) in [5.41, 5.74) is 4.45. The molecule has 4 nitrogen and oxygen atoms in total. The van der Waals surface area contributed by atoms with Gasteiger partial charge in [0.15, 0.2) is 0 Å². The van der Waals surface area contributed by atoms with Crippen LogP contribution < -0.4 is 10.1 Å².